The lowest BCUT2D eigenvalue weighted by Gasteiger charge is -2.06. The average Bonchev–Trinajstić information content (AvgIpc) is 3.13. The minimum Gasteiger partial charge on any atom is -0.342 e. The summed E-state index contributed by atoms with van der Waals surface area (Å²) in [5, 5.41) is 5.33. The summed E-state index contributed by atoms with van der Waals surface area (Å²) in [6.07, 6.45) is 5.13. The molecular formula is C27H27N3O. The Balaban J connectivity index is 1.46. The highest BCUT2D eigenvalue weighted by atomic mass is 16.2. The van der Waals surface area contributed by atoms with Crippen molar-refractivity contribution < 1.29 is 4.79 Å². The Bertz CT molecular complexity index is 1200. The zero-order chi connectivity index (χ0) is 21.6. The minimum atomic E-state index is -0.121. The van der Waals surface area contributed by atoms with Gasteiger partial charge in [-0.2, -0.15) is 5.10 Å². The zero-order valence-electron chi connectivity index (χ0n) is 18.0. The van der Waals surface area contributed by atoms with Gasteiger partial charge in [0.25, 0.3) is 0 Å². The fraction of sp³-hybridized carbons (Fsp3) is 0.185. The second-order valence-electron chi connectivity index (χ2n) is 7.86. The van der Waals surface area contributed by atoms with Crippen molar-refractivity contribution in [2.24, 2.45) is 5.10 Å². The number of nitrogens with zero attached hydrogens (tertiary/aromatic N) is 2. The summed E-state index contributed by atoms with van der Waals surface area (Å²) in [7, 11) is 0. The summed E-state index contributed by atoms with van der Waals surface area (Å²) in [6.45, 7) is 5.00. The molecule has 4 nitrogen and oxygen atoms in total. The molecule has 0 unspecified atom stereocenters. The molecule has 0 bridgehead atoms. The average molecular weight is 410 g/mol. The molecule has 1 N–H and O–H groups in total. The Morgan fingerprint density at radius 1 is 0.935 bits per heavy atom. The van der Waals surface area contributed by atoms with Crippen molar-refractivity contribution in [2.45, 2.75) is 33.2 Å². The molecule has 4 aromatic rings. The lowest BCUT2D eigenvalue weighted by atomic mass is 10.1. The first-order valence-electron chi connectivity index (χ1n) is 10.7. The number of para-hydroxylation sites is 1. The van der Waals surface area contributed by atoms with Gasteiger partial charge in [0.15, 0.2) is 0 Å². The van der Waals surface area contributed by atoms with Gasteiger partial charge in [0.05, 0.1) is 12.6 Å². The van der Waals surface area contributed by atoms with E-state index in [9.17, 15) is 4.79 Å². The minimum absolute atomic E-state index is 0.121. The van der Waals surface area contributed by atoms with Crippen LogP contribution in [-0.2, 0) is 24.2 Å². The number of hydrazone groups is 1. The van der Waals surface area contributed by atoms with Crippen LogP contribution in [0.25, 0.3) is 10.9 Å². The maximum absolute atomic E-state index is 12.3. The fourth-order valence-electron chi connectivity index (χ4n) is 3.69. The van der Waals surface area contributed by atoms with Crippen LogP contribution >= 0.6 is 0 Å². The number of hydrogen-bond acceptors (Lipinski definition) is 2. The number of benzene rings is 3. The first-order valence-corrected chi connectivity index (χ1v) is 10.7. The molecule has 31 heavy (non-hydrogen) atoms. The molecule has 0 fully saturated rings. The first-order chi connectivity index (χ1) is 15.1. The van der Waals surface area contributed by atoms with Crippen LogP contribution in [0.1, 0.15) is 34.7 Å². The van der Waals surface area contributed by atoms with E-state index in [1.165, 1.54) is 16.7 Å². The van der Waals surface area contributed by atoms with Gasteiger partial charge >= 0.3 is 0 Å². The number of rotatable bonds is 7. The number of hydrogen-bond donors (Lipinski definition) is 1. The monoisotopic (exact) mass is 409 g/mol. The van der Waals surface area contributed by atoms with E-state index >= 15 is 0 Å². The third-order valence-electron chi connectivity index (χ3n) is 5.48. The van der Waals surface area contributed by atoms with Crippen LogP contribution in [0.4, 0.5) is 0 Å². The number of carbonyl (C=O) groups excluding carboxylic acids is 1. The molecule has 0 aliphatic rings. The standard InChI is InChI=1S/C27H27N3O/c1-3-21-12-14-22(15-13-21)16-27(31)29-28-17-24-19-30(26-7-5-4-6-25(24)26)18-23-10-8-20(2)9-11-23/h4-15,17,19H,3,16,18H2,1-2H3,(H,29,31)/b28-17-. The molecule has 156 valence electrons. The summed E-state index contributed by atoms with van der Waals surface area (Å²) in [6, 6.07) is 25.0. The predicted octanol–water partition coefficient (Wildman–Crippen LogP) is 5.25. The largest absolute Gasteiger partial charge is 0.342 e. The zero-order valence-corrected chi connectivity index (χ0v) is 18.0. The number of nitrogens with one attached hydrogen (secondary N) is 1. The van der Waals surface area contributed by atoms with Crippen molar-refractivity contribution in [3.63, 3.8) is 0 Å². The normalized spacial score (nSPS) is 11.3. The fourth-order valence-corrected chi connectivity index (χ4v) is 3.69. The molecule has 0 atom stereocenters. The Hall–Kier alpha value is -3.66. The summed E-state index contributed by atoms with van der Waals surface area (Å²) < 4.78 is 2.22. The van der Waals surface area contributed by atoms with Crippen LogP contribution in [0.3, 0.4) is 0 Å². The highest BCUT2D eigenvalue weighted by molar-refractivity contribution is 5.99. The highest BCUT2D eigenvalue weighted by Crippen LogP contribution is 2.21. The van der Waals surface area contributed by atoms with Gasteiger partial charge in [0, 0.05) is 29.2 Å². The van der Waals surface area contributed by atoms with E-state index in [0.717, 1.165) is 35.0 Å². The molecule has 1 heterocycles. The summed E-state index contributed by atoms with van der Waals surface area (Å²) in [5.74, 6) is -0.121. The van der Waals surface area contributed by atoms with Gasteiger partial charge in [-0.3, -0.25) is 4.79 Å². The predicted molar refractivity (Wildman–Crippen MR) is 127 cm³/mol. The first kappa shape index (κ1) is 20.6. The van der Waals surface area contributed by atoms with E-state index in [0.29, 0.717) is 6.42 Å². The number of carbonyl (C=O) groups is 1. The number of amides is 1. The van der Waals surface area contributed by atoms with Crippen LogP contribution < -0.4 is 5.43 Å². The van der Waals surface area contributed by atoms with Crippen LogP contribution in [0.2, 0.25) is 0 Å². The molecule has 4 heteroatoms. The smallest absolute Gasteiger partial charge is 0.244 e. The van der Waals surface area contributed by atoms with Crippen LogP contribution in [0.5, 0.6) is 0 Å². The maximum atomic E-state index is 12.3. The van der Waals surface area contributed by atoms with Gasteiger partial charge in [-0.25, -0.2) is 5.43 Å². The third kappa shape index (κ3) is 5.10. The summed E-state index contributed by atoms with van der Waals surface area (Å²) >= 11 is 0. The second kappa shape index (κ2) is 9.43. The molecule has 0 spiro atoms. The molecule has 0 saturated heterocycles. The van der Waals surface area contributed by atoms with Crippen LogP contribution in [-0.4, -0.2) is 16.7 Å². The number of aromatic nitrogens is 1. The molecule has 1 aromatic heterocycles. The molecule has 3 aromatic carbocycles. The molecule has 0 aliphatic carbocycles. The van der Waals surface area contributed by atoms with Crippen LogP contribution in [0, 0.1) is 6.92 Å². The molecular weight excluding hydrogens is 382 g/mol. The SMILES string of the molecule is CCc1ccc(CC(=O)N/N=C\c2cn(Cc3ccc(C)cc3)c3ccccc23)cc1. The van der Waals surface area contributed by atoms with E-state index < -0.39 is 0 Å². The lowest BCUT2D eigenvalue weighted by molar-refractivity contribution is -0.120. The Labute approximate surface area is 183 Å². The third-order valence-corrected chi connectivity index (χ3v) is 5.48. The Kier molecular flexibility index (Phi) is 6.27. The van der Waals surface area contributed by atoms with Gasteiger partial charge in [0.2, 0.25) is 5.91 Å². The van der Waals surface area contributed by atoms with Gasteiger partial charge in [0.1, 0.15) is 0 Å². The topological polar surface area (TPSA) is 46.4 Å². The van der Waals surface area contributed by atoms with Crippen LogP contribution in [0.15, 0.2) is 84.1 Å². The molecule has 0 aliphatic heterocycles. The van der Waals surface area contributed by atoms with Crippen molar-refractivity contribution in [2.75, 3.05) is 0 Å². The number of fused-ring (bicyclic) bond motifs is 1. The van der Waals surface area contributed by atoms with Gasteiger partial charge in [-0.1, -0.05) is 79.2 Å². The van der Waals surface area contributed by atoms with Gasteiger partial charge in [-0.05, 0) is 36.1 Å². The molecule has 0 radical (unpaired) electrons. The van der Waals surface area contributed by atoms with Crippen molar-refractivity contribution in [1.29, 1.82) is 0 Å². The van der Waals surface area contributed by atoms with E-state index in [4.69, 9.17) is 0 Å². The lowest BCUT2D eigenvalue weighted by Crippen LogP contribution is -2.19. The quantitative estimate of drug-likeness (QED) is 0.329. The number of aryl methyl sites for hydroxylation is 2. The summed E-state index contributed by atoms with van der Waals surface area (Å²) in [4.78, 5) is 12.3. The van der Waals surface area contributed by atoms with Crippen molar-refractivity contribution in [3.05, 3.63) is 107 Å². The van der Waals surface area contributed by atoms with E-state index in [1.807, 2.05) is 24.3 Å². The van der Waals surface area contributed by atoms with Crippen molar-refractivity contribution >= 4 is 23.0 Å². The summed E-state index contributed by atoms with van der Waals surface area (Å²) in [5.41, 5.74) is 9.54. The Morgan fingerprint density at radius 3 is 2.35 bits per heavy atom. The van der Waals surface area contributed by atoms with Gasteiger partial charge < -0.3 is 4.57 Å². The highest BCUT2D eigenvalue weighted by Gasteiger charge is 2.08. The maximum Gasteiger partial charge on any atom is 0.244 e. The Morgan fingerprint density at radius 2 is 1.61 bits per heavy atom. The molecule has 4 rings (SSSR count). The van der Waals surface area contributed by atoms with Crippen molar-refractivity contribution in [3.8, 4) is 0 Å². The van der Waals surface area contributed by atoms with Crippen molar-refractivity contribution in [1.82, 2.24) is 9.99 Å². The molecule has 0 saturated carbocycles. The van der Waals surface area contributed by atoms with Gasteiger partial charge in [-0.15, -0.1) is 0 Å². The van der Waals surface area contributed by atoms with E-state index in [-0.39, 0.29) is 5.91 Å². The van der Waals surface area contributed by atoms with E-state index in [2.05, 4.69) is 83.7 Å². The molecule has 1 amide bonds. The van der Waals surface area contributed by atoms with E-state index in [1.54, 1.807) is 6.21 Å². The second-order valence-corrected chi connectivity index (χ2v) is 7.86.